The summed E-state index contributed by atoms with van der Waals surface area (Å²) in [5.74, 6) is -0.749. The van der Waals surface area contributed by atoms with Crippen molar-refractivity contribution in [3.8, 4) is 0 Å². The van der Waals surface area contributed by atoms with Crippen molar-refractivity contribution >= 4 is 23.2 Å². The highest BCUT2D eigenvalue weighted by molar-refractivity contribution is 6.33. The van der Waals surface area contributed by atoms with E-state index in [0.29, 0.717) is 24.3 Å². The molecule has 1 aliphatic heterocycles. The van der Waals surface area contributed by atoms with Gasteiger partial charge in [0.15, 0.2) is 0 Å². The molecule has 1 aromatic heterocycles. The quantitative estimate of drug-likeness (QED) is 0.829. The number of halogens is 2. The first-order valence-electron chi connectivity index (χ1n) is 8.39. The van der Waals surface area contributed by atoms with Gasteiger partial charge >= 0.3 is 0 Å². The first-order chi connectivity index (χ1) is 12.3. The Morgan fingerprint density at radius 2 is 2.27 bits per heavy atom. The SMILES string of the molecule is CC(C)n1cc(C2(O)CCN(CC(=O)Nc3ccc(F)cc3Cl)C2)nn1. The Morgan fingerprint density at radius 3 is 2.92 bits per heavy atom. The fourth-order valence-electron chi connectivity index (χ4n) is 2.94. The normalized spacial score (nSPS) is 20.7. The second-order valence-electron chi connectivity index (χ2n) is 6.84. The van der Waals surface area contributed by atoms with Gasteiger partial charge in [-0.25, -0.2) is 9.07 Å². The summed E-state index contributed by atoms with van der Waals surface area (Å²) in [6.07, 6.45) is 2.21. The van der Waals surface area contributed by atoms with Crippen LogP contribution in [0, 0.1) is 5.82 Å². The van der Waals surface area contributed by atoms with E-state index in [1.165, 1.54) is 12.1 Å². The van der Waals surface area contributed by atoms with Gasteiger partial charge in [-0.1, -0.05) is 16.8 Å². The molecule has 2 N–H and O–H groups in total. The smallest absolute Gasteiger partial charge is 0.238 e. The predicted molar refractivity (Wildman–Crippen MR) is 95.4 cm³/mol. The van der Waals surface area contributed by atoms with Gasteiger partial charge in [0.2, 0.25) is 5.91 Å². The number of nitrogens with zero attached hydrogens (tertiary/aromatic N) is 4. The van der Waals surface area contributed by atoms with Crippen molar-refractivity contribution in [3.05, 3.63) is 40.9 Å². The summed E-state index contributed by atoms with van der Waals surface area (Å²) in [5.41, 5.74) is -0.260. The maximum atomic E-state index is 13.1. The molecule has 1 amide bonds. The number of likely N-dealkylation sites (tertiary alicyclic amines) is 1. The topological polar surface area (TPSA) is 83.3 Å². The van der Waals surface area contributed by atoms with E-state index in [1.807, 2.05) is 18.7 Å². The molecule has 1 unspecified atom stereocenters. The molecule has 26 heavy (non-hydrogen) atoms. The number of aliphatic hydroxyl groups is 1. The first-order valence-corrected chi connectivity index (χ1v) is 8.76. The zero-order valence-electron chi connectivity index (χ0n) is 14.6. The van der Waals surface area contributed by atoms with Crippen molar-refractivity contribution in [2.75, 3.05) is 25.0 Å². The summed E-state index contributed by atoms with van der Waals surface area (Å²) in [7, 11) is 0. The lowest BCUT2D eigenvalue weighted by Crippen LogP contribution is -2.35. The third-order valence-corrected chi connectivity index (χ3v) is 4.73. The van der Waals surface area contributed by atoms with Crippen LogP contribution in [0.25, 0.3) is 0 Å². The monoisotopic (exact) mass is 381 g/mol. The maximum Gasteiger partial charge on any atom is 0.238 e. The van der Waals surface area contributed by atoms with E-state index in [4.69, 9.17) is 11.6 Å². The van der Waals surface area contributed by atoms with E-state index in [0.717, 1.165) is 6.07 Å². The lowest BCUT2D eigenvalue weighted by molar-refractivity contribution is -0.117. The van der Waals surface area contributed by atoms with Crippen LogP contribution in [0.2, 0.25) is 5.02 Å². The zero-order valence-corrected chi connectivity index (χ0v) is 15.4. The zero-order chi connectivity index (χ0) is 18.9. The number of carbonyl (C=O) groups excluding carboxylic acids is 1. The minimum absolute atomic E-state index is 0.0916. The Kier molecular flexibility index (Phi) is 5.27. The summed E-state index contributed by atoms with van der Waals surface area (Å²) in [4.78, 5) is 14.1. The highest BCUT2D eigenvalue weighted by Gasteiger charge is 2.40. The Hall–Kier alpha value is -2.03. The fourth-order valence-corrected chi connectivity index (χ4v) is 3.16. The average molecular weight is 382 g/mol. The van der Waals surface area contributed by atoms with Gasteiger partial charge in [-0.05, 0) is 38.5 Å². The van der Waals surface area contributed by atoms with E-state index >= 15 is 0 Å². The second kappa shape index (κ2) is 7.30. The fraction of sp³-hybridized carbons (Fsp3) is 0.471. The molecule has 9 heteroatoms. The standard InChI is InChI=1S/C17H21ClFN5O2/c1-11(2)24-8-15(21-22-24)17(26)5-6-23(10-17)9-16(25)20-14-4-3-12(19)7-13(14)18/h3-4,7-8,11,26H,5-6,9-10H2,1-2H3,(H,20,25). The van der Waals surface area contributed by atoms with E-state index < -0.39 is 11.4 Å². The number of amides is 1. The van der Waals surface area contributed by atoms with Crippen molar-refractivity contribution in [3.63, 3.8) is 0 Å². The minimum Gasteiger partial charge on any atom is -0.382 e. The van der Waals surface area contributed by atoms with E-state index in [9.17, 15) is 14.3 Å². The molecule has 0 spiro atoms. The van der Waals surface area contributed by atoms with Crippen molar-refractivity contribution in [2.45, 2.75) is 31.9 Å². The first kappa shape index (κ1) is 18.8. The van der Waals surface area contributed by atoms with Gasteiger partial charge < -0.3 is 10.4 Å². The third-order valence-electron chi connectivity index (χ3n) is 4.42. The molecule has 1 atom stereocenters. The van der Waals surface area contributed by atoms with Gasteiger partial charge in [-0.3, -0.25) is 9.69 Å². The second-order valence-corrected chi connectivity index (χ2v) is 7.25. The van der Waals surface area contributed by atoms with Gasteiger partial charge in [-0.2, -0.15) is 0 Å². The molecular formula is C17H21ClFN5O2. The Labute approximate surface area is 155 Å². The Balaban J connectivity index is 1.60. The number of benzene rings is 1. The van der Waals surface area contributed by atoms with Crippen LogP contribution in [0.15, 0.2) is 24.4 Å². The highest BCUT2D eigenvalue weighted by atomic mass is 35.5. The van der Waals surface area contributed by atoms with Crippen LogP contribution < -0.4 is 5.32 Å². The molecule has 0 bridgehead atoms. The number of carbonyl (C=O) groups is 1. The van der Waals surface area contributed by atoms with Gasteiger partial charge in [0, 0.05) is 19.1 Å². The molecule has 0 aliphatic carbocycles. The maximum absolute atomic E-state index is 13.1. The summed E-state index contributed by atoms with van der Waals surface area (Å²) in [6, 6.07) is 3.95. The number of aromatic nitrogens is 3. The van der Waals surface area contributed by atoms with E-state index in [2.05, 4.69) is 15.6 Å². The molecule has 1 aliphatic rings. The number of hydrogen-bond acceptors (Lipinski definition) is 5. The Bertz CT molecular complexity index is 812. The Morgan fingerprint density at radius 1 is 1.50 bits per heavy atom. The molecule has 1 fully saturated rings. The number of anilines is 1. The molecule has 1 saturated heterocycles. The number of rotatable bonds is 5. The van der Waals surface area contributed by atoms with E-state index in [-0.39, 0.29) is 30.1 Å². The van der Waals surface area contributed by atoms with Crippen molar-refractivity contribution in [1.29, 1.82) is 0 Å². The van der Waals surface area contributed by atoms with Crippen LogP contribution in [-0.2, 0) is 10.4 Å². The molecule has 7 nitrogen and oxygen atoms in total. The van der Waals surface area contributed by atoms with Crippen molar-refractivity contribution < 1.29 is 14.3 Å². The number of hydrogen-bond donors (Lipinski definition) is 2. The van der Waals surface area contributed by atoms with Gasteiger partial charge in [-0.15, -0.1) is 5.10 Å². The van der Waals surface area contributed by atoms with Gasteiger partial charge in [0.05, 0.1) is 23.5 Å². The molecular weight excluding hydrogens is 361 g/mol. The van der Waals surface area contributed by atoms with Crippen LogP contribution in [0.5, 0.6) is 0 Å². The van der Waals surface area contributed by atoms with Crippen LogP contribution >= 0.6 is 11.6 Å². The molecule has 0 saturated carbocycles. The largest absolute Gasteiger partial charge is 0.382 e. The predicted octanol–water partition coefficient (Wildman–Crippen LogP) is 2.18. The molecule has 3 rings (SSSR count). The summed E-state index contributed by atoms with van der Waals surface area (Å²) < 4.78 is 14.8. The number of nitrogens with one attached hydrogen (secondary N) is 1. The van der Waals surface area contributed by atoms with Crippen LogP contribution in [-0.4, -0.2) is 50.5 Å². The molecule has 1 aromatic carbocycles. The third kappa shape index (κ3) is 4.03. The lowest BCUT2D eigenvalue weighted by Gasteiger charge is -2.21. The number of β-amino-alcohol motifs (C(OH)–C–C–N with tert-alkyl or cyclic N) is 1. The van der Waals surface area contributed by atoms with Gasteiger partial charge in [0.25, 0.3) is 0 Å². The molecule has 140 valence electrons. The summed E-state index contributed by atoms with van der Waals surface area (Å²) in [6.45, 7) is 4.89. The average Bonchev–Trinajstić information content (AvgIpc) is 3.18. The summed E-state index contributed by atoms with van der Waals surface area (Å²) in [5, 5.41) is 21.8. The lowest BCUT2D eigenvalue weighted by atomic mass is 10.00. The molecule has 2 aromatic rings. The van der Waals surface area contributed by atoms with Crippen molar-refractivity contribution in [1.82, 2.24) is 19.9 Å². The summed E-state index contributed by atoms with van der Waals surface area (Å²) >= 11 is 5.92. The van der Waals surface area contributed by atoms with Gasteiger partial charge in [0.1, 0.15) is 17.1 Å². The van der Waals surface area contributed by atoms with Crippen LogP contribution in [0.1, 0.15) is 32.0 Å². The van der Waals surface area contributed by atoms with E-state index in [1.54, 1.807) is 10.9 Å². The highest BCUT2D eigenvalue weighted by Crippen LogP contribution is 2.31. The molecule has 0 radical (unpaired) electrons. The van der Waals surface area contributed by atoms with Crippen LogP contribution in [0.3, 0.4) is 0 Å². The minimum atomic E-state index is -1.12. The van der Waals surface area contributed by atoms with Crippen LogP contribution in [0.4, 0.5) is 10.1 Å². The van der Waals surface area contributed by atoms with Crippen molar-refractivity contribution in [2.24, 2.45) is 0 Å². The molecule has 2 heterocycles.